The molecule has 0 aromatic heterocycles. The lowest BCUT2D eigenvalue weighted by atomic mass is 9.89. The van der Waals surface area contributed by atoms with Crippen molar-refractivity contribution in [1.82, 2.24) is 10.4 Å². The smallest absolute Gasteiger partial charge is 0.253 e. The number of amides is 2. The lowest BCUT2D eigenvalue weighted by molar-refractivity contribution is -0.112. The van der Waals surface area contributed by atoms with Crippen LogP contribution in [0.25, 0.3) is 0 Å². The maximum atomic E-state index is 13.1. The minimum atomic E-state index is -0.284. The van der Waals surface area contributed by atoms with Gasteiger partial charge in [-0.2, -0.15) is 5.26 Å². The number of carbonyl (C=O) groups is 2. The second kappa shape index (κ2) is 11.1. The molecule has 1 aliphatic rings. The first kappa shape index (κ1) is 23.8. The zero-order valence-corrected chi connectivity index (χ0v) is 18.8. The molecular weight excluding hydrogens is 416 g/mol. The summed E-state index contributed by atoms with van der Waals surface area (Å²) in [5.74, 6) is 0.0426. The molecule has 0 atom stereocenters. The molecule has 0 unspecified atom stereocenters. The van der Waals surface area contributed by atoms with E-state index in [1.54, 1.807) is 25.1 Å². The fourth-order valence-corrected chi connectivity index (χ4v) is 3.85. The van der Waals surface area contributed by atoms with Gasteiger partial charge in [0, 0.05) is 36.1 Å². The molecule has 0 saturated carbocycles. The second-order valence-electron chi connectivity index (χ2n) is 8.12. The Morgan fingerprint density at radius 3 is 2.48 bits per heavy atom. The van der Waals surface area contributed by atoms with Crippen molar-refractivity contribution < 1.29 is 14.8 Å². The van der Waals surface area contributed by atoms with Crippen molar-refractivity contribution in [2.75, 3.05) is 18.4 Å². The minimum Gasteiger partial charge on any atom is -0.339 e. The normalized spacial score (nSPS) is 14.7. The Hall–Kier alpha value is -3.89. The van der Waals surface area contributed by atoms with E-state index in [2.05, 4.69) is 11.4 Å². The van der Waals surface area contributed by atoms with Crippen molar-refractivity contribution in [1.29, 1.82) is 5.26 Å². The number of hydroxylamine groups is 1. The molecule has 33 heavy (non-hydrogen) atoms. The molecular formula is C26H28N4O3. The molecule has 2 aromatic carbocycles. The molecule has 1 fully saturated rings. The van der Waals surface area contributed by atoms with Gasteiger partial charge in [0.05, 0.1) is 11.6 Å². The second-order valence-corrected chi connectivity index (χ2v) is 8.12. The average Bonchev–Trinajstić information content (AvgIpc) is 2.85. The van der Waals surface area contributed by atoms with Crippen LogP contribution >= 0.6 is 0 Å². The third-order valence-electron chi connectivity index (χ3n) is 5.90. The number of hydrogen-bond acceptors (Lipinski definition) is 5. The molecule has 7 nitrogen and oxygen atoms in total. The number of aryl methyl sites for hydroxylation is 1. The lowest BCUT2D eigenvalue weighted by Gasteiger charge is -2.32. The molecule has 7 heteroatoms. The van der Waals surface area contributed by atoms with Gasteiger partial charge < -0.3 is 10.2 Å². The number of nitrogens with one attached hydrogen (secondary N) is 2. The van der Waals surface area contributed by atoms with Gasteiger partial charge in [-0.05, 0) is 74.1 Å². The Bertz CT molecular complexity index is 1110. The summed E-state index contributed by atoms with van der Waals surface area (Å²) < 4.78 is 0. The molecule has 0 spiro atoms. The summed E-state index contributed by atoms with van der Waals surface area (Å²) in [7, 11) is 0. The summed E-state index contributed by atoms with van der Waals surface area (Å²) >= 11 is 0. The Morgan fingerprint density at radius 1 is 1.15 bits per heavy atom. The molecule has 2 amide bonds. The zero-order valence-electron chi connectivity index (χ0n) is 18.8. The van der Waals surface area contributed by atoms with Crippen LogP contribution in [0.15, 0.2) is 66.4 Å². The van der Waals surface area contributed by atoms with Crippen LogP contribution in [-0.2, 0) is 4.79 Å². The van der Waals surface area contributed by atoms with Gasteiger partial charge in [0.2, 0.25) is 0 Å². The van der Waals surface area contributed by atoms with Crippen LogP contribution < -0.4 is 10.8 Å². The average molecular weight is 445 g/mol. The van der Waals surface area contributed by atoms with E-state index in [-0.39, 0.29) is 11.8 Å². The van der Waals surface area contributed by atoms with Crippen molar-refractivity contribution in [2.24, 2.45) is 0 Å². The number of carbonyl (C=O) groups excluding carboxylic acids is 2. The van der Waals surface area contributed by atoms with E-state index in [4.69, 9.17) is 10.5 Å². The summed E-state index contributed by atoms with van der Waals surface area (Å²) in [5.41, 5.74) is 6.19. The topological polar surface area (TPSA) is 105 Å². The first-order valence-corrected chi connectivity index (χ1v) is 10.9. The van der Waals surface area contributed by atoms with Crippen LogP contribution in [0.3, 0.4) is 0 Å². The van der Waals surface area contributed by atoms with E-state index in [0.717, 1.165) is 18.4 Å². The maximum Gasteiger partial charge on any atom is 0.253 e. The number of nitrogens with zero attached hydrogens (tertiary/aromatic N) is 2. The van der Waals surface area contributed by atoms with Gasteiger partial charge in [-0.1, -0.05) is 24.3 Å². The van der Waals surface area contributed by atoms with Crippen molar-refractivity contribution in [3.8, 4) is 6.07 Å². The Morgan fingerprint density at radius 2 is 1.85 bits per heavy atom. The molecule has 0 aliphatic carbocycles. The fourth-order valence-electron chi connectivity index (χ4n) is 3.85. The largest absolute Gasteiger partial charge is 0.339 e. The molecule has 1 saturated heterocycles. The third-order valence-corrected chi connectivity index (χ3v) is 5.90. The number of anilines is 1. The fraction of sp³-hybridized carbons (Fsp3) is 0.269. The Balaban J connectivity index is 1.64. The molecule has 1 aliphatic heterocycles. The van der Waals surface area contributed by atoms with Gasteiger partial charge in [-0.15, -0.1) is 0 Å². The number of allylic oxidation sites excluding steroid dienone is 2. The van der Waals surface area contributed by atoms with Gasteiger partial charge in [0.25, 0.3) is 11.8 Å². The van der Waals surface area contributed by atoms with E-state index in [0.29, 0.717) is 41.4 Å². The maximum absolute atomic E-state index is 13.1. The molecule has 0 radical (unpaired) electrons. The predicted molar refractivity (Wildman–Crippen MR) is 127 cm³/mol. The molecule has 3 rings (SSSR count). The number of piperidine rings is 1. The summed E-state index contributed by atoms with van der Waals surface area (Å²) in [6.07, 6.45) is 6.12. The van der Waals surface area contributed by atoms with Crippen LogP contribution in [-0.4, -0.2) is 35.0 Å². The van der Waals surface area contributed by atoms with Gasteiger partial charge >= 0.3 is 0 Å². The number of benzene rings is 2. The van der Waals surface area contributed by atoms with Gasteiger partial charge in [-0.3, -0.25) is 20.3 Å². The van der Waals surface area contributed by atoms with Crippen LogP contribution in [0.2, 0.25) is 0 Å². The number of rotatable bonds is 6. The summed E-state index contributed by atoms with van der Waals surface area (Å²) in [5, 5.41) is 20.4. The standard InChI is InChI=1S/C26H28N4O3/c1-18-5-8-23(16-24(18)29-25(31)19(2)4-3-13-28-33)26(32)30-14-11-22(12-15-30)21-9-6-20(17-27)7-10-21/h3-10,13,16,22,28,33H,11-12,14-15H2,1-2H3,(H,29,31). The van der Waals surface area contributed by atoms with E-state index < -0.39 is 0 Å². The third kappa shape index (κ3) is 6.09. The quantitative estimate of drug-likeness (QED) is 0.351. The number of likely N-dealkylation sites (tertiary alicyclic amines) is 1. The van der Waals surface area contributed by atoms with Crippen molar-refractivity contribution >= 4 is 17.5 Å². The first-order valence-electron chi connectivity index (χ1n) is 10.9. The van der Waals surface area contributed by atoms with E-state index in [1.807, 2.05) is 47.6 Å². The van der Waals surface area contributed by atoms with Gasteiger partial charge in [0.15, 0.2) is 0 Å². The number of nitriles is 1. The SMILES string of the molecule is CC(=CC=CNO)C(=O)Nc1cc(C(=O)N2CCC(c3ccc(C#N)cc3)CC2)ccc1C. The van der Waals surface area contributed by atoms with Gasteiger partial charge in [-0.25, -0.2) is 0 Å². The summed E-state index contributed by atoms with van der Waals surface area (Å²) in [6, 6.07) is 15.2. The molecule has 2 aromatic rings. The molecule has 1 heterocycles. The summed E-state index contributed by atoms with van der Waals surface area (Å²) in [4.78, 5) is 27.4. The molecule has 0 bridgehead atoms. The Kier molecular flexibility index (Phi) is 8.01. The first-order chi connectivity index (χ1) is 15.9. The lowest BCUT2D eigenvalue weighted by Crippen LogP contribution is -2.38. The number of hydrogen-bond donors (Lipinski definition) is 3. The van der Waals surface area contributed by atoms with Gasteiger partial charge in [0.1, 0.15) is 0 Å². The van der Waals surface area contributed by atoms with Crippen molar-refractivity contribution in [2.45, 2.75) is 32.6 Å². The minimum absolute atomic E-state index is 0.0482. The highest BCUT2D eigenvalue weighted by Crippen LogP contribution is 2.29. The molecule has 3 N–H and O–H groups in total. The highest BCUT2D eigenvalue weighted by Gasteiger charge is 2.25. The van der Waals surface area contributed by atoms with E-state index >= 15 is 0 Å². The van der Waals surface area contributed by atoms with E-state index in [1.165, 1.54) is 17.8 Å². The van der Waals surface area contributed by atoms with E-state index in [9.17, 15) is 9.59 Å². The highest BCUT2D eigenvalue weighted by molar-refractivity contribution is 6.05. The zero-order chi connectivity index (χ0) is 23.8. The monoisotopic (exact) mass is 444 g/mol. The van der Waals surface area contributed by atoms with Crippen LogP contribution in [0, 0.1) is 18.3 Å². The van der Waals surface area contributed by atoms with Crippen LogP contribution in [0.4, 0.5) is 5.69 Å². The summed E-state index contributed by atoms with van der Waals surface area (Å²) in [6.45, 7) is 4.86. The van der Waals surface area contributed by atoms with Crippen LogP contribution in [0.1, 0.15) is 52.7 Å². The Labute approximate surface area is 194 Å². The van der Waals surface area contributed by atoms with Crippen molar-refractivity contribution in [3.63, 3.8) is 0 Å². The van der Waals surface area contributed by atoms with Crippen LogP contribution in [0.5, 0.6) is 0 Å². The molecule has 170 valence electrons. The highest BCUT2D eigenvalue weighted by atomic mass is 16.5. The van der Waals surface area contributed by atoms with Crippen molar-refractivity contribution in [3.05, 3.63) is 88.6 Å². The predicted octanol–water partition coefficient (Wildman–Crippen LogP) is 4.26.